The standard InChI is InChI=1S/C76H134N4O34/c1-6-8-10-12-14-16-18-20-22-24-26-28-30-32-46(89)45(80-54(93)33-31-29-27-25-23-21-19-17-15-13-11-9-7-2)41-105-71-63(99)62(98)65(52(39-84)107-71)109-72-64(100)69(66(53(40-85)108-72)110-70-57(79-44(5)88)61(97)59(95)50(37-82)106-70)114-76(74(103)104)35-48(91)56(78-43(4)87)68(113-76)60(96)51(38-83)111-75(73(101)102)34-47(90)55(77-42(3)86)67(112-75)58(94)49(92)36-81/h30,32,45-53,55-72,81-85,89-92,94-100H,6-29,31,33-41H2,1-5H3,(H,77,86)(H,78,87)(H,79,88)(H,80,93)(H,101,102)(H,103,104)/b32-30+/t45-,46+,47?,48?,49+,50?,51+,52?,53?,55+,56+,57?,58+,59-,60+,61+,62+,63?,64?,65+,66-,67?,68?,69+,70-,71+,72-,75+,76-/m0/s1. The minimum absolute atomic E-state index is 0.112. The number of carbonyl (C=O) groups excluding carboxylic acids is 4. The topological polar surface area (TPSA) is 607 Å². The van der Waals surface area contributed by atoms with Crippen molar-refractivity contribution in [2.45, 2.75) is 391 Å². The second kappa shape index (κ2) is 51.2. The third-order valence-corrected chi connectivity index (χ3v) is 21.5. The molecule has 10 unspecified atom stereocenters. The molecule has 662 valence electrons. The zero-order chi connectivity index (χ0) is 84.4. The molecule has 5 saturated heterocycles. The monoisotopic (exact) mass is 1650 g/mol. The number of hydrogen-bond acceptors (Lipinski definition) is 32. The lowest BCUT2D eigenvalue weighted by Gasteiger charge is -2.52. The Kier molecular flexibility index (Phi) is 45.0. The molecule has 5 rings (SSSR count). The average molecular weight is 1650 g/mol. The molecule has 5 fully saturated rings. The summed E-state index contributed by atoms with van der Waals surface area (Å²) in [5, 5.41) is 213. The first-order valence-corrected chi connectivity index (χ1v) is 40.7. The van der Waals surface area contributed by atoms with Gasteiger partial charge in [-0.15, -0.1) is 0 Å². The van der Waals surface area contributed by atoms with E-state index in [4.69, 9.17) is 47.4 Å². The van der Waals surface area contributed by atoms with Gasteiger partial charge in [-0.2, -0.15) is 0 Å². The van der Waals surface area contributed by atoms with Gasteiger partial charge in [0.05, 0.1) is 76.1 Å². The maximum absolute atomic E-state index is 14.2. The number of carboxylic acids is 2. The minimum Gasteiger partial charge on any atom is -0.477 e. The molecule has 29 atom stereocenters. The van der Waals surface area contributed by atoms with E-state index in [9.17, 15) is 121 Å². The number of allylic oxidation sites excluding steroid dienone is 1. The fraction of sp³-hybridized carbons (Fsp3) is 0.895. The highest BCUT2D eigenvalue weighted by Crippen LogP contribution is 2.42. The lowest BCUT2D eigenvalue weighted by Crippen LogP contribution is -2.72. The van der Waals surface area contributed by atoms with E-state index in [1.807, 2.05) is 0 Å². The molecule has 0 saturated carbocycles. The predicted molar refractivity (Wildman–Crippen MR) is 398 cm³/mol. The molecule has 4 amide bonds. The summed E-state index contributed by atoms with van der Waals surface area (Å²) in [6.45, 7) is 0.498. The molecule has 0 aromatic rings. The second-order valence-electron chi connectivity index (χ2n) is 30.7. The van der Waals surface area contributed by atoms with Crippen molar-refractivity contribution in [3.63, 3.8) is 0 Å². The molecular weight excluding hydrogens is 1510 g/mol. The normalized spacial score (nSPS) is 33.7. The molecule has 0 radical (unpaired) electrons. The number of aliphatic carboxylic acids is 2. The number of ether oxygens (including phenoxy) is 10. The van der Waals surface area contributed by atoms with Crippen LogP contribution < -0.4 is 21.3 Å². The van der Waals surface area contributed by atoms with Crippen LogP contribution in [0.25, 0.3) is 0 Å². The van der Waals surface area contributed by atoms with E-state index in [0.717, 1.165) is 85.0 Å². The Morgan fingerprint density at radius 3 is 1.39 bits per heavy atom. The molecule has 22 N–H and O–H groups in total. The van der Waals surface area contributed by atoms with E-state index in [1.54, 1.807) is 6.08 Å². The Morgan fingerprint density at radius 1 is 0.474 bits per heavy atom. The van der Waals surface area contributed by atoms with Crippen LogP contribution in [0, 0.1) is 0 Å². The fourth-order valence-electron chi connectivity index (χ4n) is 15.1. The summed E-state index contributed by atoms with van der Waals surface area (Å²) >= 11 is 0. The SMILES string of the molecule is CCCCCCCCCCCCC/C=C/[C@@H](O)[C@H](CO[C@@H]1OC(CO)[C@@H](O[C@@H]2OC(CO)[C@H](O[C@@H]3OC(CO)[C@H](O)[C@H](O)C3NC(C)=O)[C@H](O[C@]3(C(=O)O)CC(O)[C@@H](NC(C)=O)C([C@H](O)[C@@H](CO)O[C@]4(C(=O)O)CC(O)[C@@H](NC(C)=O)C([C@H](O)[C@H](O)CO)O4)O3)C2O)[C@H](O)C1O)NC(=O)CCCCCCCCCCCCCCC. The van der Waals surface area contributed by atoms with Crippen molar-refractivity contribution in [1.29, 1.82) is 0 Å². The van der Waals surface area contributed by atoms with Gasteiger partial charge in [0.2, 0.25) is 23.6 Å². The summed E-state index contributed by atoms with van der Waals surface area (Å²) in [4.78, 5) is 79.0. The first-order chi connectivity index (χ1) is 54.3. The highest BCUT2D eigenvalue weighted by atomic mass is 16.8. The molecule has 5 aliphatic heterocycles. The molecule has 0 aromatic carbocycles. The molecule has 0 aliphatic carbocycles. The van der Waals surface area contributed by atoms with Gasteiger partial charge in [-0.25, -0.2) is 9.59 Å². The van der Waals surface area contributed by atoms with Crippen LogP contribution in [0.3, 0.4) is 0 Å². The maximum Gasteiger partial charge on any atom is 0.364 e. The summed E-state index contributed by atoms with van der Waals surface area (Å²) in [5.41, 5.74) is 0. The van der Waals surface area contributed by atoms with Gasteiger partial charge in [0.1, 0.15) is 110 Å². The van der Waals surface area contributed by atoms with Crippen LogP contribution in [-0.2, 0) is 76.1 Å². The molecule has 5 aliphatic rings. The lowest BCUT2D eigenvalue weighted by molar-refractivity contribution is -0.402. The zero-order valence-electron chi connectivity index (χ0n) is 66.4. The number of amides is 4. The number of rotatable bonds is 54. The Balaban J connectivity index is 1.46. The number of aliphatic hydroxyl groups is 16. The number of carbonyl (C=O) groups is 6. The predicted octanol–water partition coefficient (Wildman–Crippen LogP) is -2.47. The van der Waals surface area contributed by atoms with Gasteiger partial charge in [0, 0.05) is 40.0 Å². The molecule has 0 bridgehead atoms. The number of nitrogens with one attached hydrogen (secondary N) is 4. The highest BCUT2D eigenvalue weighted by Gasteiger charge is 2.64. The summed E-state index contributed by atoms with van der Waals surface area (Å²) in [7, 11) is 0. The zero-order valence-corrected chi connectivity index (χ0v) is 66.4. The van der Waals surface area contributed by atoms with Gasteiger partial charge in [-0.1, -0.05) is 167 Å². The van der Waals surface area contributed by atoms with E-state index in [-0.39, 0.29) is 6.42 Å². The van der Waals surface area contributed by atoms with Crippen molar-refractivity contribution in [2.24, 2.45) is 0 Å². The highest BCUT2D eigenvalue weighted by molar-refractivity contribution is 5.78. The fourth-order valence-corrected chi connectivity index (χ4v) is 15.1. The summed E-state index contributed by atoms with van der Waals surface area (Å²) in [6, 6.07) is -6.82. The van der Waals surface area contributed by atoms with Crippen molar-refractivity contribution in [3.8, 4) is 0 Å². The Labute approximate surface area is 665 Å². The van der Waals surface area contributed by atoms with Crippen LogP contribution in [0.2, 0.25) is 0 Å². The van der Waals surface area contributed by atoms with E-state index in [1.165, 1.54) is 89.5 Å². The summed E-state index contributed by atoms with van der Waals surface area (Å²) < 4.78 is 59.8. The van der Waals surface area contributed by atoms with E-state index in [2.05, 4.69) is 35.1 Å². The number of carboxylic acid groups (broad SMARTS) is 2. The summed E-state index contributed by atoms with van der Waals surface area (Å²) in [6.07, 6.45) is -22.1. The number of unbranched alkanes of at least 4 members (excludes halogenated alkanes) is 23. The lowest BCUT2D eigenvalue weighted by atomic mass is 9.87. The number of hydrogen-bond donors (Lipinski definition) is 22. The van der Waals surface area contributed by atoms with Crippen molar-refractivity contribution >= 4 is 35.6 Å². The van der Waals surface area contributed by atoms with Gasteiger partial charge in [-0.3, -0.25) is 19.2 Å². The second-order valence-corrected chi connectivity index (χ2v) is 30.7. The quantitative estimate of drug-likeness (QED) is 0.0222. The molecule has 38 nitrogen and oxygen atoms in total. The first-order valence-electron chi connectivity index (χ1n) is 40.7. The van der Waals surface area contributed by atoms with Crippen LogP contribution in [0.1, 0.15) is 214 Å². The van der Waals surface area contributed by atoms with E-state index >= 15 is 0 Å². The van der Waals surface area contributed by atoms with E-state index < -0.39 is 265 Å². The van der Waals surface area contributed by atoms with Crippen molar-refractivity contribution < 1.29 is 168 Å². The third kappa shape index (κ3) is 29.7. The van der Waals surface area contributed by atoms with Crippen LogP contribution in [0.5, 0.6) is 0 Å². The van der Waals surface area contributed by atoms with Gasteiger partial charge < -0.3 is 161 Å². The minimum atomic E-state index is -3.59. The van der Waals surface area contributed by atoms with Crippen LogP contribution in [0.15, 0.2) is 12.2 Å². The van der Waals surface area contributed by atoms with Crippen molar-refractivity contribution in [1.82, 2.24) is 21.3 Å². The molecular formula is C76H134N4O34. The molecule has 0 aromatic heterocycles. The van der Waals surface area contributed by atoms with Crippen molar-refractivity contribution in [3.05, 3.63) is 12.2 Å². The largest absolute Gasteiger partial charge is 0.477 e. The van der Waals surface area contributed by atoms with Crippen LogP contribution in [-0.4, -0.2) is 344 Å². The average Bonchev–Trinajstić information content (AvgIpc) is 0.722. The molecule has 38 heteroatoms. The smallest absolute Gasteiger partial charge is 0.364 e. The Bertz CT molecular complexity index is 2830. The molecule has 114 heavy (non-hydrogen) atoms. The molecule has 5 heterocycles. The van der Waals surface area contributed by atoms with Gasteiger partial charge in [-0.05, 0) is 19.3 Å². The third-order valence-electron chi connectivity index (χ3n) is 21.5. The summed E-state index contributed by atoms with van der Waals surface area (Å²) in [5.74, 6) is -14.6. The van der Waals surface area contributed by atoms with Crippen molar-refractivity contribution in [2.75, 3.05) is 39.6 Å². The van der Waals surface area contributed by atoms with Crippen LogP contribution in [0.4, 0.5) is 0 Å². The molecule has 0 spiro atoms. The van der Waals surface area contributed by atoms with Crippen LogP contribution >= 0.6 is 0 Å². The maximum atomic E-state index is 14.2. The van der Waals surface area contributed by atoms with Gasteiger partial charge in [0.15, 0.2) is 18.9 Å². The Morgan fingerprint density at radius 2 is 0.912 bits per heavy atom. The van der Waals surface area contributed by atoms with E-state index in [0.29, 0.717) is 12.8 Å². The van der Waals surface area contributed by atoms with Gasteiger partial charge >= 0.3 is 11.9 Å². The first kappa shape index (κ1) is 100. The number of aliphatic hydroxyl groups excluding tert-OH is 16. The van der Waals surface area contributed by atoms with Gasteiger partial charge in [0.25, 0.3) is 11.6 Å². The Hall–Kier alpha value is -4.48.